The van der Waals surface area contributed by atoms with Gasteiger partial charge in [0, 0.05) is 25.2 Å². The van der Waals surface area contributed by atoms with Crippen molar-refractivity contribution < 1.29 is 19.1 Å². The van der Waals surface area contributed by atoms with Gasteiger partial charge in [-0.2, -0.15) is 0 Å². The van der Waals surface area contributed by atoms with E-state index in [4.69, 9.17) is 9.47 Å². The highest BCUT2D eigenvalue weighted by molar-refractivity contribution is 5.89. The summed E-state index contributed by atoms with van der Waals surface area (Å²) < 4.78 is 10.3. The molecule has 3 aromatic rings. The van der Waals surface area contributed by atoms with E-state index < -0.39 is 5.97 Å². The second-order valence-electron chi connectivity index (χ2n) is 6.29. The maximum Gasteiger partial charge on any atom is 0.331 e. The number of hydrogen-bond acceptors (Lipinski definition) is 6. The summed E-state index contributed by atoms with van der Waals surface area (Å²) >= 11 is 0. The molecule has 1 heterocycles. The molecule has 0 fully saturated rings. The van der Waals surface area contributed by atoms with E-state index in [1.165, 1.54) is 17.1 Å². The number of carbonyl (C=O) groups is 2. The Morgan fingerprint density at radius 3 is 2.59 bits per heavy atom. The summed E-state index contributed by atoms with van der Waals surface area (Å²) in [6.07, 6.45) is 4.30. The van der Waals surface area contributed by atoms with E-state index in [0.717, 1.165) is 16.6 Å². The number of rotatable bonds is 7. The zero-order chi connectivity index (χ0) is 20.6. The van der Waals surface area contributed by atoms with Gasteiger partial charge in [0.15, 0.2) is 6.61 Å². The highest BCUT2D eigenvalue weighted by atomic mass is 16.5. The molecular formula is C22H21N3O4. The molecule has 7 heteroatoms. The van der Waals surface area contributed by atoms with Crippen LogP contribution in [-0.4, -0.2) is 47.5 Å². The zero-order valence-corrected chi connectivity index (χ0v) is 16.2. The summed E-state index contributed by atoms with van der Waals surface area (Å²) in [6, 6.07) is 14.9. The molecule has 0 atom stereocenters. The number of ether oxygens (including phenoxy) is 2. The van der Waals surface area contributed by atoms with Gasteiger partial charge in [-0.15, -0.1) is 0 Å². The number of methoxy groups -OCH3 is 1. The minimum atomic E-state index is -0.626. The van der Waals surface area contributed by atoms with E-state index in [9.17, 15) is 9.59 Å². The number of amides is 1. The van der Waals surface area contributed by atoms with E-state index in [1.54, 1.807) is 20.4 Å². The molecular weight excluding hydrogens is 370 g/mol. The molecule has 7 nitrogen and oxygen atoms in total. The lowest BCUT2D eigenvalue weighted by atomic mass is 10.2. The van der Waals surface area contributed by atoms with Gasteiger partial charge in [0.2, 0.25) is 0 Å². The molecule has 2 aromatic carbocycles. The number of para-hydroxylation sites is 3. The number of fused-ring (bicyclic) bond motifs is 1. The number of esters is 1. The van der Waals surface area contributed by atoms with Crippen LogP contribution < -0.4 is 4.74 Å². The summed E-state index contributed by atoms with van der Waals surface area (Å²) in [7, 11) is 3.22. The third-order valence-electron chi connectivity index (χ3n) is 4.22. The van der Waals surface area contributed by atoms with Crippen molar-refractivity contribution in [3.05, 3.63) is 72.1 Å². The summed E-state index contributed by atoms with van der Waals surface area (Å²) in [5.41, 5.74) is 2.90. The molecule has 0 saturated carbocycles. The third-order valence-corrected chi connectivity index (χ3v) is 4.22. The second-order valence-corrected chi connectivity index (χ2v) is 6.29. The van der Waals surface area contributed by atoms with Crippen LogP contribution in [0, 0.1) is 0 Å². The first-order chi connectivity index (χ1) is 14.1. The smallest absolute Gasteiger partial charge is 0.331 e. The van der Waals surface area contributed by atoms with E-state index in [-0.39, 0.29) is 12.5 Å². The van der Waals surface area contributed by atoms with Crippen molar-refractivity contribution in [2.24, 2.45) is 0 Å². The van der Waals surface area contributed by atoms with Crippen LogP contribution in [0.15, 0.2) is 60.8 Å². The second kappa shape index (κ2) is 9.45. The Morgan fingerprint density at radius 1 is 1.07 bits per heavy atom. The van der Waals surface area contributed by atoms with Crippen LogP contribution in [0.1, 0.15) is 11.3 Å². The lowest BCUT2D eigenvalue weighted by Gasteiger charge is -2.18. The first-order valence-corrected chi connectivity index (χ1v) is 8.99. The van der Waals surface area contributed by atoms with Gasteiger partial charge in [-0.25, -0.2) is 9.78 Å². The van der Waals surface area contributed by atoms with Gasteiger partial charge in [0.1, 0.15) is 5.75 Å². The number of carbonyl (C=O) groups excluding carboxylic acids is 2. The monoisotopic (exact) mass is 391 g/mol. The number of nitrogens with zero attached hydrogens (tertiary/aromatic N) is 3. The van der Waals surface area contributed by atoms with Gasteiger partial charge in [-0.05, 0) is 24.3 Å². The van der Waals surface area contributed by atoms with Gasteiger partial charge in [-0.1, -0.05) is 30.3 Å². The van der Waals surface area contributed by atoms with Crippen molar-refractivity contribution in [3.63, 3.8) is 0 Å². The van der Waals surface area contributed by atoms with Crippen LogP contribution in [0.25, 0.3) is 17.1 Å². The maximum atomic E-state index is 12.2. The Morgan fingerprint density at radius 2 is 1.79 bits per heavy atom. The molecule has 0 saturated heterocycles. The number of aromatic nitrogens is 2. The van der Waals surface area contributed by atoms with Crippen molar-refractivity contribution in [3.8, 4) is 5.75 Å². The van der Waals surface area contributed by atoms with E-state index in [2.05, 4.69) is 9.97 Å². The lowest BCUT2D eigenvalue weighted by Crippen LogP contribution is -2.30. The highest BCUT2D eigenvalue weighted by Gasteiger charge is 2.13. The number of benzene rings is 2. The normalized spacial score (nSPS) is 10.8. The van der Waals surface area contributed by atoms with E-state index >= 15 is 0 Å². The lowest BCUT2D eigenvalue weighted by molar-refractivity contribution is -0.147. The third kappa shape index (κ3) is 5.38. The van der Waals surface area contributed by atoms with Crippen molar-refractivity contribution >= 4 is 29.0 Å². The van der Waals surface area contributed by atoms with Gasteiger partial charge in [0.05, 0.1) is 30.0 Å². The fourth-order valence-corrected chi connectivity index (χ4v) is 2.67. The van der Waals surface area contributed by atoms with Gasteiger partial charge in [0.25, 0.3) is 5.91 Å². The first kappa shape index (κ1) is 20.0. The quantitative estimate of drug-likeness (QED) is 0.455. The van der Waals surface area contributed by atoms with E-state index in [1.807, 2.05) is 48.5 Å². The van der Waals surface area contributed by atoms with Crippen molar-refractivity contribution in [2.75, 3.05) is 20.8 Å². The Hall–Kier alpha value is -3.74. The van der Waals surface area contributed by atoms with Crippen LogP contribution in [0.3, 0.4) is 0 Å². The number of hydrogen-bond donors (Lipinski definition) is 0. The van der Waals surface area contributed by atoms with Crippen molar-refractivity contribution in [2.45, 2.75) is 6.54 Å². The molecule has 0 radical (unpaired) electrons. The van der Waals surface area contributed by atoms with Gasteiger partial charge < -0.3 is 14.4 Å². The standard InChI is InChI=1S/C22H21N3O4/c1-25(14-16-7-3-6-10-20(16)28-2)21(26)15-29-22(27)12-11-17-13-23-18-8-4-5-9-19(18)24-17/h3-13H,14-15H2,1-2H3/b12-11+. The van der Waals surface area contributed by atoms with Crippen LogP contribution >= 0.6 is 0 Å². The molecule has 1 amide bonds. The minimum Gasteiger partial charge on any atom is -0.496 e. The Labute approximate surface area is 168 Å². The summed E-state index contributed by atoms with van der Waals surface area (Å²) in [5.74, 6) is -0.245. The topological polar surface area (TPSA) is 81.6 Å². The molecule has 0 N–H and O–H groups in total. The minimum absolute atomic E-state index is 0.317. The number of likely N-dealkylation sites (N-methyl/N-ethyl adjacent to an activating group) is 1. The fourth-order valence-electron chi connectivity index (χ4n) is 2.67. The predicted molar refractivity (Wildman–Crippen MR) is 109 cm³/mol. The molecule has 29 heavy (non-hydrogen) atoms. The van der Waals surface area contributed by atoms with Gasteiger partial charge in [-0.3, -0.25) is 9.78 Å². The summed E-state index contributed by atoms with van der Waals surface area (Å²) in [5, 5.41) is 0. The SMILES string of the molecule is COc1ccccc1CN(C)C(=O)COC(=O)/C=C/c1cnc2ccccc2n1. The van der Waals surface area contributed by atoms with Crippen LogP contribution in [0.2, 0.25) is 0 Å². The molecule has 0 spiro atoms. The van der Waals surface area contributed by atoms with Crippen LogP contribution in [0.4, 0.5) is 0 Å². The van der Waals surface area contributed by atoms with Crippen molar-refractivity contribution in [1.82, 2.24) is 14.9 Å². The molecule has 0 aliphatic carbocycles. The molecule has 1 aromatic heterocycles. The molecule has 0 aliphatic heterocycles. The Bertz CT molecular complexity index is 1050. The van der Waals surface area contributed by atoms with Crippen molar-refractivity contribution in [1.29, 1.82) is 0 Å². The molecule has 148 valence electrons. The average molecular weight is 391 g/mol. The van der Waals surface area contributed by atoms with Crippen LogP contribution in [-0.2, 0) is 20.9 Å². The Kier molecular flexibility index (Phi) is 6.52. The van der Waals surface area contributed by atoms with E-state index in [0.29, 0.717) is 18.0 Å². The van der Waals surface area contributed by atoms with Crippen LogP contribution in [0.5, 0.6) is 5.75 Å². The largest absolute Gasteiger partial charge is 0.496 e. The summed E-state index contributed by atoms with van der Waals surface area (Å²) in [6.45, 7) is 0.00113. The average Bonchev–Trinajstić information content (AvgIpc) is 2.76. The zero-order valence-electron chi connectivity index (χ0n) is 16.2. The Balaban J connectivity index is 1.52. The fraction of sp³-hybridized carbons (Fsp3) is 0.182. The molecule has 0 bridgehead atoms. The van der Waals surface area contributed by atoms with Gasteiger partial charge >= 0.3 is 5.97 Å². The first-order valence-electron chi connectivity index (χ1n) is 8.99. The maximum absolute atomic E-state index is 12.2. The molecule has 0 unspecified atom stereocenters. The summed E-state index contributed by atoms with van der Waals surface area (Å²) in [4.78, 5) is 34.3. The predicted octanol–water partition coefficient (Wildman–Crippen LogP) is 2.85. The molecule has 0 aliphatic rings. The highest BCUT2D eigenvalue weighted by Crippen LogP contribution is 2.18. The molecule has 3 rings (SSSR count).